The van der Waals surface area contributed by atoms with E-state index in [1.165, 1.54) is 12.0 Å². The molecule has 0 unspecified atom stereocenters. The van der Waals surface area contributed by atoms with Crippen molar-refractivity contribution in [1.29, 1.82) is 0 Å². The van der Waals surface area contributed by atoms with Crippen LogP contribution in [0.1, 0.15) is 64.9 Å². The van der Waals surface area contributed by atoms with E-state index in [1.54, 1.807) is 0 Å². The molecule has 5 rings (SSSR count). The summed E-state index contributed by atoms with van der Waals surface area (Å²) in [6, 6.07) is 10.4. The molecular weight excluding hydrogens is 430 g/mol. The summed E-state index contributed by atoms with van der Waals surface area (Å²) >= 11 is 0. The van der Waals surface area contributed by atoms with Crippen molar-refractivity contribution in [2.75, 3.05) is 6.54 Å². The van der Waals surface area contributed by atoms with E-state index in [9.17, 15) is 4.79 Å². The second-order valence-corrected chi connectivity index (χ2v) is 17.0. The van der Waals surface area contributed by atoms with Crippen molar-refractivity contribution in [3.8, 4) is 0 Å². The van der Waals surface area contributed by atoms with E-state index in [4.69, 9.17) is 13.9 Å². The zero-order valence-corrected chi connectivity index (χ0v) is 22.0. The zero-order valence-electron chi connectivity index (χ0n) is 21.0. The summed E-state index contributed by atoms with van der Waals surface area (Å²) in [6.45, 7) is 12.1. The molecule has 3 aliphatic heterocycles. The Kier molecular flexibility index (Phi) is 6.04. The Morgan fingerprint density at radius 3 is 2.45 bits per heavy atom. The Bertz CT molecular complexity index is 861. The molecule has 0 bridgehead atoms. The third-order valence-corrected chi connectivity index (χ3v) is 13.4. The van der Waals surface area contributed by atoms with Crippen LogP contribution in [0.3, 0.4) is 0 Å². The number of carbonyl (C=O) groups is 1. The van der Waals surface area contributed by atoms with Crippen molar-refractivity contribution in [1.82, 2.24) is 4.90 Å². The van der Waals surface area contributed by atoms with Crippen LogP contribution < -0.4 is 0 Å². The Morgan fingerprint density at radius 2 is 1.79 bits per heavy atom. The minimum Gasteiger partial charge on any atom is -0.412 e. The van der Waals surface area contributed by atoms with Gasteiger partial charge in [-0.25, -0.2) is 0 Å². The lowest BCUT2D eigenvalue weighted by molar-refractivity contribution is -0.212. The average molecular weight is 472 g/mol. The number of nitrogens with zero attached hydrogens (tertiary/aromatic N) is 1. The van der Waals surface area contributed by atoms with Crippen LogP contribution in [0.25, 0.3) is 0 Å². The van der Waals surface area contributed by atoms with E-state index >= 15 is 0 Å². The normalized spacial score (nSPS) is 33.9. The molecule has 1 aromatic carbocycles. The molecule has 5 nitrogen and oxygen atoms in total. The number of piperidine rings is 1. The fourth-order valence-corrected chi connectivity index (χ4v) is 7.44. The Labute approximate surface area is 200 Å². The molecule has 1 amide bonds. The van der Waals surface area contributed by atoms with E-state index in [2.05, 4.69) is 63.0 Å². The van der Waals surface area contributed by atoms with E-state index < -0.39 is 14.1 Å². The van der Waals surface area contributed by atoms with Gasteiger partial charge in [0.25, 0.3) is 0 Å². The fourth-order valence-electron chi connectivity index (χ4n) is 6.09. The van der Waals surface area contributed by atoms with Crippen molar-refractivity contribution in [3.63, 3.8) is 0 Å². The standard InChI is InChI=1S/C27H41NO4Si/c1-26(2,3)33(4,5)32-21-17-20(16-19-12-8-6-9-13-19)25(29)28-18-22-24(23(21)28)31-27(30-22)14-10-7-11-15-27/h6,8-9,12-13,20-24H,7,10-11,14-18H2,1-5H3/t20-,21+,22+,23+,24+/m0/s1. The van der Waals surface area contributed by atoms with Crippen LogP contribution in [0.5, 0.6) is 0 Å². The molecule has 1 saturated carbocycles. The molecule has 5 atom stereocenters. The maximum atomic E-state index is 13.7. The molecule has 4 aliphatic rings. The number of amides is 1. The number of carbonyl (C=O) groups excluding carboxylic acids is 1. The van der Waals surface area contributed by atoms with E-state index in [1.807, 2.05) is 6.07 Å². The smallest absolute Gasteiger partial charge is 0.226 e. The molecule has 0 N–H and O–H groups in total. The lowest BCUT2D eigenvalue weighted by Crippen LogP contribution is -2.60. The summed E-state index contributed by atoms with van der Waals surface area (Å²) in [5.74, 6) is -0.232. The predicted molar refractivity (Wildman–Crippen MR) is 131 cm³/mol. The van der Waals surface area contributed by atoms with Gasteiger partial charge in [-0.1, -0.05) is 57.5 Å². The van der Waals surface area contributed by atoms with Gasteiger partial charge in [0.2, 0.25) is 5.91 Å². The highest BCUT2D eigenvalue weighted by Gasteiger charge is 2.62. The largest absolute Gasteiger partial charge is 0.412 e. The van der Waals surface area contributed by atoms with Gasteiger partial charge in [0.1, 0.15) is 12.2 Å². The third kappa shape index (κ3) is 4.33. The first-order chi connectivity index (χ1) is 15.6. The molecule has 182 valence electrons. The molecule has 1 aromatic rings. The van der Waals surface area contributed by atoms with Crippen LogP contribution >= 0.6 is 0 Å². The summed E-state index contributed by atoms with van der Waals surface area (Å²) in [5, 5.41) is 0.115. The number of rotatable bonds is 4. The summed E-state index contributed by atoms with van der Waals surface area (Å²) in [7, 11) is -2.02. The summed E-state index contributed by atoms with van der Waals surface area (Å²) in [4.78, 5) is 15.8. The number of hydrogen-bond acceptors (Lipinski definition) is 4. The van der Waals surface area contributed by atoms with Crippen LogP contribution in [0.4, 0.5) is 0 Å². The van der Waals surface area contributed by atoms with Gasteiger partial charge in [-0.05, 0) is 49.4 Å². The SMILES string of the molecule is CC(C)(C)[Si](C)(C)O[C@@H]1C[C@H](Cc2ccccc2)C(=O)N2C[C@H]3OC4(CCCCC4)O[C@H]3[C@@H]12. The highest BCUT2D eigenvalue weighted by atomic mass is 28.4. The van der Waals surface area contributed by atoms with Crippen molar-refractivity contribution >= 4 is 14.2 Å². The molecular formula is C27H41NO4Si. The van der Waals surface area contributed by atoms with E-state index in [0.717, 1.165) is 38.5 Å². The molecule has 1 spiro atoms. The predicted octanol–water partition coefficient (Wildman–Crippen LogP) is 5.29. The average Bonchev–Trinajstić information content (AvgIpc) is 3.26. The van der Waals surface area contributed by atoms with E-state index in [-0.39, 0.29) is 41.2 Å². The topological polar surface area (TPSA) is 48.0 Å². The fraction of sp³-hybridized carbons (Fsp3) is 0.741. The second-order valence-electron chi connectivity index (χ2n) is 12.2. The van der Waals surface area contributed by atoms with Gasteiger partial charge in [-0.2, -0.15) is 0 Å². The van der Waals surface area contributed by atoms with Crippen molar-refractivity contribution in [2.45, 2.75) is 114 Å². The minimum atomic E-state index is -2.02. The first-order valence-electron chi connectivity index (χ1n) is 13.0. The monoisotopic (exact) mass is 471 g/mol. The zero-order chi connectivity index (χ0) is 23.4. The van der Waals surface area contributed by atoms with Gasteiger partial charge < -0.3 is 18.8 Å². The van der Waals surface area contributed by atoms with Gasteiger partial charge in [0, 0.05) is 18.8 Å². The summed E-state index contributed by atoms with van der Waals surface area (Å²) in [5.41, 5.74) is 1.22. The van der Waals surface area contributed by atoms with Crippen LogP contribution in [-0.2, 0) is 25.1 Å². The van der Waals surface area contributed by atoms with Gasteiger partial charge in [-0.15, -0.1) is 0 Å². The highest BCUT2D eigenvalue weighted by Crippen LogP contribution is 2.49. The molecule has 0 radical (unpaired) electrons. The van der Waals surface area contributed by atoms with Crippen molar-refractivity contribution in [3.05, 3.63) is 35.9 Å². The lowest BCUT2D eigenvalue weighted by Gasteiger charge is -2.47. The molecule has 0 aromatic heterocycles. The molecule has 6 heteroatoms. The maximum absolute atomic E-state index is 13.7. The van der Waals surface area contributed by atoms with Gasteiger partial charge in [-0.3, -0.25) is 4.79 Å². The molecule has 3 heterocycles. The first kappa shape index (κ1) is 23.5. The van der Waals surface area contributed by atoms with Gasteiger partial charge in [0.15, 0.2) is 14.1 Å². The van der Waals surface area contributed by atoms with Crippen LogP contribution in [0, 0.1) is 5.92 Å². The van der Waals surface area contributed by atoms with Gasteiger partial charge >= 0.3 is 0 Å². The third-order valence-electron chi connectivity index (χ3n) is 8.88. The number of fused-ring (bicyclic) bond motifs is 3. The molecule has 33 heavy (non-hydrogen) atoms. The number of ether oxygens (including phenoxy) is 2. The highest BCUT2D eigenvalue weighted by molar-refractivity contribution is 6.74. The maximum Gasteiger partial charge on any atom is 0.226 e. The first-order valence-corrected chi connectivity index (χ1v) is 15.9. The van der Waals surface area contributed by atoms with Crippen molar-refractivity contribution in [2.24, 2.45) is 5.92 Å². The van der Waals surface area contributed by atoms with Crippen LogP contribution in [-0.4, -0.2) is 55.8 Å². The van der Waals surface area contributed by atoms with Crippen LogP contribution in [0.2, 0.25) is 18.1 Å². The molecule has 1 aliphatic carbocycles. The lowest BCUT2D eigenvalue weighted by atomic mass is 9.85. The molecule has 3 saturated heterocycles. The molecule has 4 fully saturated rings. The van der Waals surface area contributed by atoms with Crippen LogP contribution in [0.15, 0.2) is 30.3 Å². The Balaban J connectivity index is 1.42. The summed E-state index contributed by atoms with van der Waals surface area (Å²) < 4.78 is 20.4. The number of benzene rings is 1. The quantitative estimate of drug-likeness (QED) is 0.560. The Hall–Kier alpha value is -1.21. The van der Waals surface area contributed by atoms with E-state index in [0.29, 0.717) is 6.54 Å². The van der Waals surface area contributed by atoms with Gasteiger partial charge in [0.05, 0.1) is 18.7 Å². The van der Waals surface area contributed by atoms with Crippen molar-refractivity contribution < 1.29 is 18.7 Å². The second kappa shape index (κ2) is 8.47. The number of hydrogen-bond donors (Lipinski definition) is 0. The Morgan fingerprint density at radius 1 is 1.09 bits per heavy atom. The summed E-state index contributed by atoms with van der Waals surface area (Å²) in [6.07, 6.45) is 6.97. The minimum absolute atomic E-state index is 0.00496.